The highest BCUT2D eigenvalue weighted by molar-refractivity contribution is 7.89. The molecule has 1 aromatic heterocycles. The fourth-order valence-electron chi connectivity index (χ4n) is 2.28. The van der Waals surface area contributed by atoms with Crippen LogP contribution in [0.15, 0.2) is 9.42 Å². The Bertz CT molecular complexity index is 496. The number of rotatable bonds is 3. The van der Waals surface area contributed by atoms with E-state index in [0.717, 1.165) is 12.8 Å². The van der Waals surface area contributed by atoms with E-state index in [1.165, 1.54) is 4.31 Å². The van der Waals surface area contributed by atoms with Crippen molar-refractivity contribution in [2.45, 2.75) is 37.7 Å². The molecule has 102 valence electrons. The molecule has 1 saturated heterocycles. The Morgan fingerprint density at radius 1 is 1.33 bits per heavy atom. The molecule has 0 spiro atoms. The van der Waals surface area contributed by atoms with E-state index in [4.69, 9.17) is 9.26 Å². The molecule has 0 aromatic carbocycles. The molecule has 1 aliphatic heterocycles. The van der Waals surface area contributed by atoms with Crippen molar-refractivity contribution in [3.8, 4) is 0 Å². The average molecular weight is 274 g/mol. The number of hydrogen-bond acceptors (Lipinski definition) is 5. The highest BCUT2D eigenvalue weighted by Crippen LogP contribution is 2.26. The zero-order chi connectivity index (χ0) is 13.3. The van der Waals surface area contributed by atoms with Gasteiger partial charge in [0.2, 0.25) is 10.0 Å². The molecule has 1 fully saturated rings. The lowest BCUT2D eigenvalue weighted by molar-refractivity contribution is 0.0604. The van der Waals surface area contributed by atoms with Gasteiger partial charge in [-0.25, -0.2) is 8.42 Å². The van der Waals surface area contributed by atoms with Gasteiger partial charge in [0.15, 0.2) is 5.76 Å². The molecule has 0 unspecified atom stereocenters. The first-order valence-corrected chi connectivity index (χ1v) is 7.36. The molecule has 0 amide bonds. The van der Waals surface area contributed by atoms with Gasteiger partial charge in [0.1, 0.15) is 10.6 Å². The third kappa shape index (κ3) is 2.30. The zero-order valence-corrected chi connectivity index (χ0v) is 11.7. The third-order valence-corrected chi connectivity index (χ3v) is 5.44. The first-order chi connectivity index (χ1) is 8.46. The van der Waals surface area contributed by atoms with Gasteiger partial charge in [-0.2, -0.15) is 4.31 Å². The second-order valence-electron chi connectivity index (χ2n) is 4.49. The Balaban J connectivity index is 2.23. The van der Waals surface area contributed by atoms with E-state index in [9.17, 15) is 8.42 Å². The quantitative estimate of drug-likeness (QED) is 0.825. The van der Waals surface area contributed by atoms with Crippen LogP contribution in [0.2, 0.25) is 0 Å². The average Bonchev–Trinajstić information content (AvgIpc) is 2.69. The number of hydrogen-bond donors (Lipinski definition) is 0. The summed E-state index contributed by atoms with van der Waals surface area (Å²) in [7, 11) is -1.83. The van der Waals surface area contributed by atoms with Crippen LogP contribution in [-0.2, 0) is 14.8 Å². The largest absolute Gasteiger partial charge is 0.381 e. The molecule has 0 aliphatic carbocycles. The Labute approximate surface area is 107 Å². The van der Waals surface area contributed by atoms with Crippen molar-refractivity contribution in [3.05, 3.63) is 11.5 Å². The van der Waals surface area contributed by atoms with Crippen LogP contribution in [0.5, 0.6) is 0 Å². The van der Waals surface area contributed by atoms with Crippen LogP contribution in [0.3, 0.4) is 0 Å². The molecular weight excluding hydrogens is 256 g/mol. The van der Waals surface area contributed by atoms with Gasteiger partial charge in [-0.3, -0.25) is 0 Å². The number of aromatic nitrogens is 1. The van der Waals surface area contributed by atoms with Crippen LogP contribution in [0, 0.1) is 13.8 Å². The molecule has 6 nitrogen and oxygen atoms in total. The third-order valence-electron chi connectivity index (χ3n) is 3.30. The fraction of sp³-hybridized carbons (Fsp3) is 0.727. The SMILES string of the molecule is COC1CCN(S(=O)(=O)c2c(C)noc2C)CC1. The van der Waals surface area contributed by atoms with Crippen LogP contribution in [0.25, 0.3) is 0 Å². The van der Waals surface area contributed by atoms with E-state index < -0.39 is 10.0 Å². The van der Waals surface area contributed by atoms with Gasteiger partial charge in [0.25, 0.3) is 0 Å². The van der Waals surface area contributed by atoms with Crippen molar-refractivity contribution < 1.29 is 17.7 Å². The van der Waals surface area contributed by atoms with Crippen molar-refractivity contribution in [2.75, 3.05) is 20.2 Å². The van der Waals surface area contributed by atoms with E-state index in [0.29, 0.717) is 24.5 Å². The Hall–Kier alpha value is -0.920. The zero-order valence-electron chi connectivity index (χ0n) is 10.8. The van der Waals surface area contributed by atoms with Crippen molar-refractivity contribution >= 4 is 10.0 Å². The van der Waals surface area contributed by atoms with Crippen LogP contribution >= 0.6 is 0 Å². The number of ether oxygens (including phenoxy) is 1. The van der Waals surface area contributed by atoms with E-state index in [1.54, 1.807) is 21.0 Å². The number of sulfonamides is 1. The first-order valence-electron chi connectivity index (χ1n) is 5.92. The van der Waals surface area contributed by atoms with Gasteiger partial charge >= 0.3 is 0 Å². The summed E-state index contributed by atoms with van der Waals surface area (Å²) < 4.78 is 36.6. The van der Waals surface area contributed by atoms with Crippen molar-refractivity contribution in [1.82, 2.24) is 9.46 Å². The topological polar surface area (TPSA) is 72.6 Å². The van der Waals surface area contributed by atoms with Crippen LogP contribution in [0.4, 0.5) is 0 Å². The van der Waals surface area contributed by atoms with Gasteiger partial charge in [0, 0.05) is 20.2 Å². The Kier molecular flexibility index (Phi) is 3.74. The summed E-state index contributed by atoms with van der Waals surface area (Å²) in [5.41, 5.74) is 0.418. The second kappa shape index (κ2) is 4.99. The molecule has 2 rings (SSSR count). The molecule has 7 heteroatoms. The van der Waals surface area contributed by atoms with Crippen LogP contribution < -0.4 is 0 Å². The van der Waals surface area contributed by atoms with E-state index in [-0.39, 0.29) is 11.0 Å². The van der Waals surface area contributed by atoms with Crippen LogP contribution in [-0.4, -0.2) is 44.2 Å². The smallest absolute Gasteiger partial charge is 0.248 e. The summed E-state index contributed by atoms with van der Waals surface area (Å²) in [6.07, 6.45) is 1.60. The second-order valence-corrected chi connectivity index (χ2v) is 6.37. The summed E-state index contributed by atoms with van der Waals surface area (Å²) in [6.45, 7) is 4.22. The minimum atomic E-state index is -3.49. The summed E-state index contributed by atoms with van der Waals surface area (Å²) in [5.74, 6) is 0.348. The normalized spacial score (nSPS) is 19.3. The van der Waals surface area contributed by atoms with Gasteiger partial charge in [-0.05, 0) is 26.7 Å². The van der Waals surface area contributed by atoms with E-state index in [2.05, 4.69) is 5.16 Å². The van der Waals surface area contributed by atoms with Crippen molar-refractivity contribution in [1.29, 1.82) is 0 Å². The number of piperidine rings is 1. The number of aryl methyl sites for hydroxylation is 2. The highest BCUT2D eigenvalue weighted by atomic mass is 32.2. The standard InChI is InChI=1S/C11H18N2O4S/c1-8-11(9(2)17-12-8)18(14,15)13-6-4-10(16-3)5-7-13/h10H,4-7H2,1-3H3. The van der Waals surface area contributed by atoms with Gasteiger partial charge in [0.05, 0.1) is 6.10 Å². The lowest BCUT2D eigenvalue weighted by Gasteiger charge is -2.30. The maximum Gasteiger partial charge on any atom is 0.248 e. The molecule has 0 bridgehead atoms. The Morgan fingerprint density at radius 2 is 1.94 bits per heavy atom. The van der Waals surface area contributed by atoms with Crippen LogP contribution in [0.1, 0.15) is 24.3 Å². The fourth-order valence-corrected chi connectivity index (χ4v) is 4.04. The molecule has 0 atom stereocenters. The van der Waals surface area contributed by atoms with Gasteiger partial charge < -0.3 is 9.26 Å². The molecule has 2 heterocycles. The minimum absolute atomic E-state index is 0.154. The first kappa shape index (κ1) is 13.5. The van der Waals surface area contributed by atoms with Crippen molar-refractivity contribution in [3.63, 3.8) is 0 Å². The summed E-state index contributed by atoms with van der Waals surface area (Å²) in [4.78, 5) is 0.207. The van der Waals surface area contributed by atoms with Crippen molar-refractivity contribution in [2.24, 2.45) is 0 Å². The highest BCUT2D eigenvalue weighted by Gasteiger charge is 2.33. The minimum Gasteiger partial charge on any atom is -0.381 e. The lowest BCUT2D eigenvalue weighted by Crippen LogP contribution is -2.40. The summed E-state index contributed by atoms with van der Waals surface area (Å²) in [5, 5.41) is 3.70. The lowest BCUT2D eigenvalue weighted by atomic mass is 10.1. The summed E-state index contributed by atoms with van der Waals surface area (Å²) >= 11 is 0. The van der Waals surface area contributed by atoms with Gasteiger partial charge in [-0.15, -0.1) is 0 Å². The predicted molar refractivity (Wildman–Crippen MR) is 64.8 cm³/mol. The molecule has 1 aromatic rings. The predicted octanol–water partition coefficient (Wildman–Crippen LogP) is 1.09. The molecule has 1 aliphatic rings. The molecule has 0 radical (unpaired) electrons. The number of methoxy groups -OCH3 is 1. The monoisotopic (exact) mass is 274 g/mol. The molecule has 0 saturated carbocycles. The molecular formula is C11H18N2O4S. The number of nitrogens with zero attached hydrogens (tertiary/aromatic N) is 2. The van der Waals surface area contributed by atoms with E-state index >= 15 is 0 Å². The van der Waals surface area contributed by atoms with Gasteiger partial charge in [-0.1, -0.05) is 5.16 Å². The summed E-state index contributed by atoms with van der Waals surface area (Å²) in [6, 6.07) is 0. The molecule has 18 heavy (non-hydrogen) atoms. The molecule has 0 N–H and O–H groups in total. The maximum absolute atomic E-state index is 12.5. The maximum atomic E-state index is 12.5. The van der Waals surface area contributed by atoms with E-state index in [1.807, 2.05) is 0 Å². The Morgan fingerprint density at radius 3 is 2.39 bits per heavy atom.